The molecule has 4 heteroatoms. The highest BCUT2D eigenvalue weighted by atomic mass is 16.5. The van der Waals surface area contributed by atoms with Crippen molar-refractivity contribution >= 4 is 6.09 Å². The molecule has 14 heavy (non-hydrogen) atoms. The molecule has 0 bridgehead atoms. The van der Waals surface area contributed by atoms with Crippen molar-refractivity contribution in [1.82, 2.24) is 5.32 Å². The summed E-state index contributed by atoms with van der Waals surface area (Å²) in [7, 11) is 1.38. The molecule has 0 aromatic rings. The smallest absolute Gasteiger partial charge is 0.406 e. The van der Waals surface area contributed by atoms with Gasteiger partial charge in [0.15, 0.2) is 0 Å². The molecule has 82 valence electrons. The van der Waals surface area contributed by atoms with Crippen LogP contribution < -0.4 is 11.1 Å². The van der Waals surface area contributed by atoms with Gasteiger partial charge in [-0.3, -0.25) is 0 Å². The minimum atomic E-state index is -0.358. The first-order chi connectivity index (χ1) is 6.72. The minimum absolute atomic E-state index is 0.118. The van der Waals surface area contributed by atoms with Crippen molar-refractivity contribution in [1.29, 1.82) is 0 Å². The Balaban J connectivity index is 2.39. The van der Waals surface area contributed by atoms with E-state index in [4.69, 9.17) is 5.73 Å². The molecule has 0 aromatic carbocycles. The number of ether oxygens (including phenoxy) is 1. The minimum Gasteiger partial charge on any atom is -0.453 e. The van der Waals surface area contributed by atoms with Crippen molar-refractivity contribution in [2.24, 2.45) is 11.1 Å². The SMILES string of the molecule is COC(=O)NCC1(CN)CCCCC1. The maximum absolute atomic E-state index is 10.9. The fraction of sp³-hybridized carbons (Fsp3) is 0.900. The lowest BCUT2D eigenvalue weighted by Crippen LogP contribution is -2.43. The molecule has 0 radical (unpaired) electrons. The van der Waals surface area contributed by atoms with Crippen LogP contribution in [0.2, 0.25) is 0 Å². The van der Waals surface area contributed by atoms with Crippen molar-refractivity contribution in [3.63, 3.8) is 0 Å². The maximum atomic E-state index is 10.9. The van der Waals surface area contributed by atoms with Gasteiger partial charge in [-0.25, -0.2) is 4.79 Å². The first-order valence-corrected chi connectivity index (χ1v) is 5.24. The molecule has 0 saturated heterocycles. The highest BCUT2D eigenvalue weighted by Gasteiger charge is 2.30. The topological polar surface area (TPSA) is 64.3 Å². The van der Waals surface area contributed by atoms with E-state index in [0.717, 1.165) is 12.8 Å². The first kappa shape index (κ1) is 11.3. The second kappa shape index (κ2) is 5.20. The van der Waals surface area contributed by atoms with Crippen LogP contribution >= 0.6 is 0 Å². The summed E-state index contributed by atoms with van der Waals surface area (Å²) in [5.41, 5.74) is 5.89. The van der Waals surface area contributed by atoms with Gasteiger partial charge < -0.3 is 15.8 Å². The van der Waals surface area contributed by atoms with Crippen LogP contribution in [0, 0.1) is 5.41 Å². The first-order valence-electron chi connectivity index (χ1n) is 5.24. The fourth-order valence-electron chi connectivity index (χ4n) is 2.09. The molecule has 0 heterocycles. The Morgan fingerprint density at radius 3 is 2.57 bits per heavy atom. The van der Waals surface area contributed by atoms with Gasteiger partial charge in [-0.15, -0.1) is 0 Å². The second-order valence-electron chi connectivity index (χ2n) is 4.11. The zero-order valence-corrected chi connectivity index (χ0v) is 8.84. The van der Waals surface area contributed by atoms with Crippen LogP contribution in [-0.2, 0) is 4.74 Å². The van der Waals surface area contributed by atoms with Crippen molar-refractivity contribution in [3.8, 4) is 0 Å². The molecule has 1 aliphatic rings. The predicted octanol–water partition coefficient (Wildman–Crippen LogP) is 1.25. The Morgan fingerprint density at radius 2 is 2.07 bits per heavy atom. The predicted molar refractivity (Wildman–Crippen MR) is 55.0 cm³/mol. The molecule has 1 saturated carbocycles. The summed E-state index contributed by atoms with van der Waals surface area (Å²) >= 11 is 0. The van der Waals surface area contributed by atoms with E-state index in [1.165, 1.54) is 26.4 Å². The highest BCUT2D eigenvalue weighted by molar-refractivity contribution is 5.66. The standard InChI is InChI=1S/C10H20N2O2/c1-14-9(13)12-8-10(7-11)5-3-2-4-6-10/h2-8,11H2,1H3,(H,12,13). The average Bonchev–Trinajstić information content (AvgIpc) is 2.27. The van der Waals surface area contributed by atoms with Gasteiger partial charge in [-0.1, -0.05) is 19.3 Å². The molecule has 1 fully saturated rings. The lowest BCUT2D eigenvalue weighted by atomic mass is 9.74. The van der Waals surface area contributed by atoms with Crippen LogP contribution in [0.15, 0.2) is 0 Å². The van der Waals surface area contributed by atoms with Gasteiger partial charge in [0, 0.05) is 12.0 Å². The molecule has 1 amide bonds. The number of nitrogens with two attached hydrogens (primary N) is 1. The summed E-state index contributed by atoms with van der Waals surface area (Å²) < 4.78 is 4.54. The number of nitrogens with one attached hydrogen (secondary N) is 1. The lowest BCUT2D eigenvalue weighted by molar-refractivity contribution is 0.150. The molecule has 0 unspecified atom stereocenters. The zero-order chi connectivity index (χ0) is 10.4. The third kappa shape index (κ3) is 2.87. The molecule has 0 atom stereocenters. The van der Waals surface area contributed by atoms with E-state index in [0.29, 0.717) is 13.1 Å². The van der Waals surface area contributed by atoms with Crippen molar-refractivity contribution in [2.75, 3.05) is 20.2 Å². The van der Waals surface area contributed by atoms with E-state index in [-0.39, 0.29) is 11.5 Å². The van der Waals surface area contributed by atoms with E-state index in [1.54, 1.807) is 0 Å². The normalized spacial score (nSPS) is 20.1. The van der Waals surface area contributed by atoms with Crippen LogP contribution in [0.1, 0.15) is 32.1 Å². The summed E-state index contributed by atoms with van der Waals surface area (Å²) in [4.78, 5) is 10.9. The van der Waals surface area contributed by atoms with Gasteiger partial charge in [0.1, 0.15) is 0 Å². The molecule has 0 aromatic heterocycles. The number of amides is 1. The van der Waals surface area contributed by atoms with Crippen LogP contribution in [0.5, 0.6) is 0 Å². The van der Waals surface area contributed by atoms with E-state index in [9.17, 15) is 4.79 Å². The van der Waals surface area contributed by atoms with Crippen molar-refractivity contribution in [2.45, 2.75) is 32.1 Å². The number of carbonyl (C=O) groups excluding carboxylic acids is 1. The van der Waals surface area contributed by atoms with E-state index in [2.05, 4.69) is 10.1 Å². The molecule has 0 spiro atoms. The Labute approximate surface area is 85.2 Å². The van der Waals surface area contributed by atoms with Gasteiger partial charge >= 0.3 is 6.09 Å². The van der Waals surface area contributed by atoms with Crippen molar-refractivity contribution < 1.29 is 9.53 Å². The van der Waals surface area contributed by atoms with Gasteiger partial charge in [0.25, 0.3) is 0 Å². The van der Waals surface area contributed by atoms with E-state index >= 15 is 0 Å². The average molecular weight is 200 g/mol. The van der Waals surface area contributed by atoms with E-state index < -0.39 is 0 Å². The molecule has 0 aliphatic heterocycles. The number of alkyl carbamates (subject to hydrolysis) is 1. The quantitative estimate of drug-likeness (QED) is 0.720. The third-order valence-electron chi connectivity index (χ3n) is 3.14. The third-order valence-corrected chi connectivity index (χ3v) is 3.14. The van der Waals surface area contributed by atoms with Crippen LogP contribution in [0.3, 0.4) is 0 Å². The van der Waals surface area contributed by atoms with Gasteiger partial charge in [-0.05, 0) is 19.4 Å². The maximum Gasteiger partial charge on any atom is 0.406 e. The lowest BCUT2D eigenvalue weighted by Gasteiger charge is -2.36. The number of methoxy groups -OCH3 is 1. The molecule has 3 N–H and O–H groups in total. The van der Waals surface area contributed by atoms with Crippen LogP contribution in [0.4, 0.5) is 4.79 Å². The monoisotopic (exact) mass is 200 g/mol. The summed E-state index contributed by atoms with van der Waals surface area (Å²) in [5, 5.41) is 2.75. The summed E-state index contributed by atoms with van der Waals surface area (Å²) in [5.74, 6) is 0. The molecular weight excluding hydrogens is 180 g/mol. The largest absolute Gasteiger partial charge is 0.453 e. The summed E-state index contributed by atoms with van der Waals surface area (Å²) in [6.45, 7) is 1.30. The van der Waals surface area contributed by atoms with E-state index in [1.807, 2.05) is 0 Å². The number of hydrogen-bond acceptors (Lipinski definition) is 3. The molecule has 1 aliphatic carbocycles. The van der Waals surface area contributed by atoms with Crippen molar-refractivity contribution in [3.05, 3.63) is 0 Å². The molecule has 1 rings (SSSR count). The number of hydrogen-bond donors (Lipinski definition) is 2. The Bertz CT molecular complexity index is 189. The fourth-order valence-corrected chi connectivity index (χ4v) is 2.09. The second-order valence-corrected chi connectivity index (χ2v) is 4.11. The van der Waals surface area contributed by atoms with Crippen LogP contribution in [0.25, 0.3) is 0 Å². The Hall–Kier alpha value is -0.770. The van der Waals surface area contributed by atoms with Crippen LogP contribution in [-0.4, -0.2) is 26.3 Å². The highest BCUT2D eigenvalue weighted by Crippen LogP contribution is 2.34. The summed E-state index contributed by atoms with van der Waals surface area (Å²) in [6, 6.07) is 0. The number of rotatable bonds is 3. The van der Waals surface area contributed by atoms with Gasteiger partial charge in [0.2, 0.25) is 0 Å². The molecular formula is C10H20N2O2. The van der Waals surface area contributed by atoms with Gasteiger partial charge in [0.05, 0.1) is 7.11 Å². The zero-order valence-electron chi connectivity index (χ0n) is 8.84. The summed E-state index contributed by atoms with van der Waals surface area (Å²) in [6.07, 6.45) is 5.62. The number of carbonyl (C=O) groups is 1. The Morgan fingerprint density at radius 1 is 1.43 bits per heavy atom. The Kier molecular flexibility index (Phi) is 4.20. The molecule has 4 nitrogen and oxygen atoms in total. The van der Waals surface area contributed by atoms with Gasteiger partial charge in [-0.2, -0.15) is 0 Å².